The smallest absolute Gasteiger partial charge is 0.152 e. The molecule has 3 rings (SSSR count). The van der Waals surface area contributed by atoms with E-state index in [1.165, 1.54) is 12.8 Å². The summed E-state index contributed by atoms with van der Waals surface area (Å²) in [7, 11) is 0. The molecule has 2 heteroatoms. The van der Waals surface area contributed by atoms with Crippen LogP contribution >= 0.6 is 0 Å². The SMILES string of the molecule is CC(=O)/C=C/CNC1C2CC1C2. The average Bonchev–Trinajstić information content (AvgIpc) is 1.80. The number of allylic oxidation sites excluding steroid dienone is 1. The van der Waals surface area contributed by atoms with Crippen molar-refractivity contribution in [3.05, 3.63) is 12.2 Å². The van der Waals surface area contributed by atoms with Crippen LogP contribution in [0.2, 0.25) is 0 Å². The van der Waals surface area contributed by atoms with E-state index in [0.29, 0.717) is 0 Å². The molecule has 0 unspecified atom stereocenters. The van der Waals surface area contributed by atoms with Crippen LogP contribution in [0.3, 0.4) is 0 Å². The Morgan fingerprint density at radius 3 is 2.58 bits per heavy atom. The largest absolute Gasteiger partial charge is 0.310 e. The van der Waals surface area contributed by atoms with Crippen LogP contribution in [0.4, 0.5) is 0 Å². The van der Waals surface area contributed by atoms with E-state index in [1.807, 2.05) is 6.08 Å². The number of rotatable bonds is 4. The van der Waals surface area contributed by atoms with Crippen LogP contribution < -0.4 is 5.32 Å². The second kappa shape index (κ2) is 3.02. The van der Waals surface area contributed by atoms with E-state index >= 15 is 0 Å². The van der Waals surface area contributed by atoms with Gasteiger partial charge in [-0.3, -0.25) is 4.79 Å². The van der Waals surface area contributed by atoms with Gasteiger partial charge in [-0.15, -0.1) is 0 Å². The van der Waals surface area contributed by atoms with E-state index in [-0.39, 0.29) is 5.78 Å². The molecule has 12 heavy (non-hydrogen) atoms. The predicted octanol–water partition coefficient (Wildman–Crippen LogP) is 1.13. The standard InChI is InChI=1S/C10H15NO/c1-7(12)3-2-4-11-10-8-5-9(10)6-8/h2-3,8-11H,4-6H2,1H3/b3-2+. The van der Waals surface area contributed by atoms with Crippen molar-refractivity contribution in [1.29, 1.82) is 0 Å². The highest BCUT2D eigenvalue weighted by molar-refractivity contribution is 5.87. The van der Waals surface area contributed by atoms with Crippen LogP contribution in [0.15, 0.2) is 12.2 Å². The normalized spacial score (nSPS) is 37.6. The van der Waals surface area contributed by atoms with Crippen molar-refractivity contribution in [2.75, 3.05) is 6.54 Å². The minimum absolute atomic E-state index is 0.135. The molecule has 0 saturated heterocycles. The molecule has 0 atom stereocenters. The Balaban J connectivity index is 1.60. The van der Waals surface area contributed by atoms with Crippen LogP contribution in [0.5, 0.6) is 0 Å². The van der Waals surface area contributed by atoms with Gasteiger partial charge in [-0.25, -0.2) is 0 Å². The third kappa shape index (κ3) is 1.31. The van der Waals surface area contributed by atoms with Crippen LogP contribution in [0.25, 0.3) is 0 Å². The molecule has 3 aliphatic carbocycles. The summed E-state index contributed by atoms with van der Waals surface area (Å²) in [6, 6.07) is 0.779. The molecule has 2 nitrogen and oxygen atoms in total. The van der Waals surface area contributed by atoms with Gasteiger partial charge in [-0.2, -0.15) is 0 Å². The van der Waals surface area contributed by atoms with E-state index in [9.17, 15) is 4.79 Å². The highest BCUT2D eigenvalue weighted by atomic mass is 16.1. The van der Waals surface area contributed by atoms with Crippen LogP contribution in [0.1, 0.15) is 19.8 Å². The first-order chi connectivity index (χ1) is 5.77. The van der Waals surface area contributed by atoms with Gasteiger partial charge in [0.15, 0.2) is 5.78 Å². The van der Waals surface area contributed by atoms with Crippen molar-refractivity contribution in [2.45, 2.75) is 25.8 Å². The second-order valence-electron chi connectivity index (χ2n) is 3.94. The first kappa shape index (κ1) is 7.99. The Morgan fingerprint density at radius 1 is 1.50 bits per heavy atom. The van der Waals surface area contributed by atoms with Crippen molar-refractivity contribution in [2.24, 2.45) is 11.8 Å². The third-order valence-corrected chi connectivity index (χ3v) is 3.05. The lowest BCUT2D eigenvalue weighted by atomic mass is 9.52. The molecule has 1 N–H and O–H groups in total. The Kier molecular flexibility index (Phi) is 2.01. The van der Waals surface area contributed by atoms with E-state index in [2.05, 4.69) is 5.32 Å². The van der Waals surface area contributed by atoms with E-state index in [4.69, 9.17) is 0 Å². The summed E-state index contributed by atoms with van der Waals surface area (Å²) in [5.74, 6) is 2.05. The fraction of sp³-hybridized carbons (Fsp3) is 0.700. The van der Waals surface area contributed by atoms with E-state index in [1.54, 1.807) is 13.0 Å². The number of hydrogen-bond donors (Lipinski definition) is 1. The van der Waals surface area contributed by atoms with Crippen LogP contribution in [-0.2, 0) is 4.79 Å². The highest BCUT2D eigenvalue weighted by Crippen LogP contribution is 2.53. The van der Waals surface area contributed by atoms with Crippen molar-refractivity contribution >= 4 is 5.78 Å². The molecule has 0 radical (unpaired) electrons. The van der Waals surface area contributed by atoms with Gasteiger partial charge < -0.3 is 5.32 Å². The molecule has 2 bridgehead atoms. The molecule has 0 aromatic heterocycles. The van der Waals surface area contributed by atoms with Gasteiger partial charge in [-0.05, 0) is 37.7 Å². The molecule has 3 aliphatic rings. The minimum Gasteiger partial charge on any atom is -0.310 e. The first-order valence-corrected chi connectivity index (χ1v) is 4.68. The molecule has 0 spiro atoms. The maximum Gasteiger partial charge on any atom is 0.152 e. The van der Waals surface area contributed by atoms with Crippen molar-refractivity contribution in [1.82, 2.24) is 5.32 Å². The third-order valence-electron chi connectivity index (χ3n) is 3.05. The number of carbonyl (C=O) groups excluding carboxylic acids is 1. The van der Waals surface area contributed by atoms with Gasteiger partial charge in [0.2, 0.25) is 0 Å². The highest BCUT2D eigenvalue weighted by Gasteiger charge is 2.51. The van der Waals surface area contributed by atoms with E-state index < -0.39 is 0 Å². The zero-order chi connectivity index (χ0) is 8.55. The molecule has 0 aromatic rings. The van der Waals surface area contributed by atoms with Crippen LogP contribution in [0, 0.1) is 11.8 Å². The Bertz CT molecular complexity index is 208. The summed E-state index contributed by atoms with van der Waals surface area (Å²) >= 11 is 0. The lowest BCUT2D eigenvalue weighted by molar-refractivity contribution is -0.112. The fourth-order valence-corrected chi connectivity index (χ4v) is 2.05. The quantitative estimate of drug-likeness (QED) is 0.633. The van der Waals surface area contributed by atoms with Crippen molar-refractivity contribution in [3.8, 4) is 0 Å². The molecular weight excluding hydrogens is 150 g/mol. The van der Waals surface area contributed by atoms with Gasteiger partial charge in [0.1, 0.15) is 0 Å². The van der Waals surface area contributed by atoms with Gasteiger partial charge in [0.25, 0.3) is 0 Å². The summed E-state index contributed by atoms with van der Waals surface area (Å²) in [5.41, 5.74) is 0. The van der Waals surface area contributed by atoms with Crippen molar-refractivity contribution in [3.63, 3.8) is 0 Å². The molecule has 0 aliphatic heterocycles. The van der Waals surface area contributed by atoms with Crippen molar-refractivity contribution < 1.29 is 4.79 Å². The molecule has 0 heterocycles. The summed E-state index contributed by atoms with van der Waals surface area (Å²) in [6.07, 6.45) is 6.43. The van der Waals surface area contributed by atoms with Gasteiger partial charge in [0.05, 0.1) is 0 Å². The molecule has 3 saturated carbocycles. The second-order valence-corrected chi connectivity index (χ2v) is 3.94. The van der Waals surface area contributed by atoms with Gasteiger partial charge in [0, 0.05) is 12.6 Å². The fourth-order valence-electron chi connectivity index (χ4n) is 2.05. The summed E-state index contributed by atoms with van der Waals surface area (Å²) < 4.78 is 0. The monoisotopic (exact) mass is 165 g/mol. The molecular formula is C10H15NO. The number of ketones is 1. The molecule has 66 valence electrons. The Morgan fingerprint density at radius 2 is 2.17 bits per heavy atom. The summed E-state index contributed by atoms with van der Waals surface area (Å²) in [5, 5.41) is 3.43. The first-order valence-electron chi connectivity index (χ1n) is 4.68. The number of nitrogens with one attached hydrogen (secondary N) is 1. The molecule has 0 amide bonds. The number of carbonyl (C=O) groups is 1. The lowest BCUT2D eigenvalue weighted by Gasteiger charge is -2.58. The maximum atomic E-state index is 10.5. The molecule has 0 aromatic carbocycles. The predicted molar refractivity (Wildman–Crippen MR) is 47.8 cm³/mol. The summed E-state index contributed by atoms with van der Waals surface area (Å²) in [4.78, 5) is 10.5. The number of hydrogen-bond acceptors (Lipinski definition) is 2. The molecule has 3 fully saturated rings. The topological polar surface area (TPSA) is 29.1 Å². The summed E-state index contributed by atoms with van der Waals surface area (Å²) in [6.45, 7) is 2.44. The Hall–Kier alpha value is -0.630. The zero-order valence-electron chi connectivity index (χ0n) is 7.42. The lowest BCUT2D eigenvalue weighted by Crippen LogP contribution is -2.62. The van der Waals surface area contributed by atoms with Gasteiger partial charge >= 0.3 is 0 Å². The maximum absolute atomic E-state index is 10.5. The van der Waals surface area contributed by atoms with Gasteiger partial charge in [-0.1, -0.05) is 6.08 Å². The van der Waals surface area contributed by atoms with E-state index in [0.717, 1.165) is 24.4 Å². The zero-order valence-corrected chi connectivity index (χ0v) is 7.42. The average molecular weight is 165 g/mol. The minimum atomic E-state index is 0.135. The van der Waals surface area contributed by atoms with Crippen LogP contribution in [-0.4, -0.2) is 18.4 Å². The Labute approximate surface area is 73.0 Å².